The predicted octanol–water partition coefficient (Wildman–Crippen LogP) is 3.37. The van der Waals surface area contributed by atoms with Crippen LogP contribution in [0, 0.1) is 11.6 Å². The number of nitrogens with zero attached hydrogens (tertiary/aromatic N) is 2. The van der Waals surface area contributed by atoms with Crippen LogP contribution in [0.1, 0.15) is 38.7 Å². The van der Waals surface area contributed by atoms with Crippen LogP contribution >= 0.6 is 0 Å². The van der Waals surface area contributed by atoms with Crippen molar-refractivity contribution in [3.8, 4) is 0 Å². The monoisotopic (exact) mass is 339 g/mol. The number of nitrogens with one attached hydrogen (secondary N) is 1. The first-order chi connectivity index (χ1) is 11.4. The number of carbonyl (C=O) groups excluding carboxylic acids is 1. The number of amides is 2. The highest BCUT2D eigenvalue weighted by Crippen LogP contribution is 2.18. The number of hydrogen-bond acceptors (Lipinski definition) is 2. The summed E-state index contributed by atoms with van der Waals surface area (Å²) in [6, 6.07) is 4.30. The molecule has 1 aliphatic rings. The lowest BCUT2D eigenvalue weighted by atomic mass is 10.0. The molecule has 2 amide bonds. The first kappa shape index (κ1) is 18.6. The Morgan fingerprint density at radius 1 is 1.38 bits per heavy atom. The molecule has 0 aliphatic carbocycles. The molecular formula is C18H27F2N3O. The summed E-state index contributed by atoms with van der Waals surface area (Å²) >= 11 is 0. The Labute approximate surface area is 142 Å². The average Bonchev–Trinajstić information content (AvgIpc) is 2.56. The number of piperidine rings is 1. The molecule has 24 heavy (non-hydrogen) atoms. The number of rotatable bonds is 5. The van der Waals surface area contributed by atoms with E-state index in [-0.39, 0.29) is 18.6 Å². The van der Waals surface area contributed by atoms with Crippen molar-refractivity contribution in [2.75, 3.05) is 20.1 Å². The van der Waals surface area contributed by atoms with Gasteiger partial charge >= 0.3 is 6.03 Å². The number of benzene rings is 1. The molecule has 134 valence electrons. The van der Waals surface area contributed by atoms with E-state index in [1.165, 1.54) is 30.2 Å². The summed E-state index contributed by atoms with van der Waals surface area (Å²) in [5.41, 5.74) is 0.559. The van der Waals surface area contributed by atoms with Crippen LogP contribution in [-0.2, 0) is 6.54 Å². The maximum atomic E-state index is 13.2. The fourth-order valence-electron chi connectivity index (χ4n) is 3.25. The second-order valence-electron chi connectivity index (χ2n) is 6.72. The molecule has 2 rings (SSSR count). The van der Waals surface area contributed by atoms with Gasteiger partial charge in [-0.05, 0) is 50.9 Å². The second kappa shape index (κ2) is 8.42. The molecular weight excluding hydrogens is 312 g/mol. The molecule has 0 bridgehead atoms. The minimum atomic E-state index is -0.894. The zero-order chi connectivity index (χ0) is 17.7. The maximum absolute atomic E-state index is 13.2. The van der Waals surface area contributed by atoms with Crippen LogP contribution in [0.5, 0.6) is 0 Å². The Hall–Kier alpha value is -1.69. The molecule has 0 saturated carbocycles. The summed E-state index contributed by atoms with van der Waals surface area (Å²) in [7, 11) is 1.64. The molecule has 0 unspecified atom stereocenters. The third-order valence-electron chi connectivity index (χ3n) is 4.72. The van der Waals surface area contributed by atoms with E-state index in [4.69, 9.17) is 0 Å². The van der Waals surface area contributed by atoms with E-state index in [0.29, 0.717) is 18.2 Å². The van der Waals surface area contributed by atoms with E-state index >= 15 is 0 Å². The minimum absolute atomic E-state index is 0.212. The molecule has 0 aromatic heterocycles. The Morgan fingerprint density at radius 3 is 2.79 bits per heavy atom. The lowest BCUT2D eigenvalue weighted by Gasteiger charge is -2.38. The van der Waals surface area contributed by atoms with Crippen molar-refractivity contribution in [2.45, 2.75) is 51.7 Å². The smallest absolute Gasteiger partial charge is 0.317 e. The van der Waals surface area contributed by atoms with Crippen molar-refractivity contribution in [3.05, 3.63) is 35.4 Å². The van der Waals surface area contributed by atoms with Gasteiger partial charge in [0.1, 0.15) is 0 Å². The molecule has 1 heterocycles. The van der Waals surface area contributed by atoms with Gasteiger partial charge in [0.2, 0.25) is 0 Å². The summed E-state index contributed by atoms with van der Waals surface area (Å²) < 4.78 is 26.2. The average molecular weight is 339 g/mol. The van der Waals surface area contributed by atoms with Crippen LogP contribution in [0.2, 0.25) is 0 Å². The van der Waals surface area contributed by atoms with Crippen molar-refractivity contribution in [3.63, 3.8) is 0 Å². The zero-order valence-corrected chi connectivity index (χ0v) is 14.7. The number of likely N-dealkylation sites (tertiary alicyclic amines) is 1. The van der Waals surface area contributed by atoms with E-state index in [9.17, 15) is 13.6 Å². The largest absolute Gasteiger partial charge is 0.336 e. The fraction of sp³-hybridized carbons (Fsp3) is 0.611. The van der Waals surface area contributed by atoms with E-state index in [1.807, 2.05) is 0 Å². The molecule has 2 atom stereocenters. The lowest BCUT2D eigenvalue weighted by molar-refractivity contribution is 0.112. The third kappa shape index (κ3) is 4.90. The lowest BCUT2D eigenvalue weighted by Crippen LogP contribution is -2.50. The van der Waals surface area contributed by atoms with Crippen LogP contribution in [0.3, 0.4) is 0 Å². The zero-order valence-electron chi connectivity index (χ0n) is 14.7. The van der Waals surface area contributed by atoms with Gasteiger partial charge in [-0.1, -0.05) is 12.5 Å². The van der Waals surface area contributed by atoms with Gasteiger partial charge in [0.15, 0.2) is 11.6 Å². The van der Waals surface area contributed by atoms with Gasteiger partial charge in [-0.25, -0.2) is 13.6 Å². The van der Waals surface area contributed by atoms with E-state index in [1.54, 1.807) is 7.05 Å². The Balaban J connectivity index is 1.81. The van der Waals surface area contributed by atoms with E-state index in [2.05, 4.69) is 24.1 Å². The number of carbonyl (C=O) groups is 1. The van der Waals surface area contributed by atoms with Crippen molar-refractivity contribution in [1.82, 2.24) is 15.1 Å². The van der Waals surface area contributed by atoms with Gasteiger partial charge in [-0.3, -0.25) is 4.90 Å². The molecule has 4 nitrogen and oxygen atoms in total. The first-order valence-corrected chi connectivity index (χ1v) is 8.57. The summed E-state index contributed by atoms with van der Waals surface area (Å²) in [5.74, 6) is -1.77. The van der Waals surface area contributed by atoms with Gasteiger partial charge in [-0.15, -0.1) is 0 Å². The molecule has 1 saturated heterocycles. The summed E-state index contributed by atoms with van der Waals surface area (Å²) in [6.07, 6.45) is 3.68. The molecule has 1 N–H and O–H groups in total. The highest BCUT2D eigenvalue weighted by atomic mass is 19.2. The van der Waals surface area contributed by atoms with Gasteiger partial charge < -0.3 is 10.2 Å². The second-order valence-corrected chi connectivity index (χ2v) is 6.72. The summed E-state index contributed by atoms with van der Waals surface area (Å²) in [5, 5.41) is 2.92. The SMILES string of the molecule is C[C@H]1CCCCN1[C@@H](C)CNC(=O)N(C)Cc1ccc(F)c(F)c1. The Kier molecular flexibility index (Phi) is 6.54. The molecule has 1 aliphatic heterocycles. The van der Waals surface area contributed by atoms with Crippen LogP contribution in [-0.4, -0.2) is 48.1 Å². The molecule has 1 fully saturated rings. The summed E-state index contributed by atoms with van der Waals surface area (Å²) in [6.45, 7) is 6.23. The highest BCUT2D eigenvalue weighted by molar-refractivity contribution is 5.73. The fourth-order valence-corrected chi connectivity index (χ4v) is 3.25. The quantitative estimate of drug-likeness (QED) is 0.893. The van der Waals surface area contributed by atoms with Crippen molar-refractivity contribution in [1.29, 1.82) is 0 Å². The van der Waals surface area contributed by atoms with E-state index < -0.39 is 11.6 Å². The van der Waals surface area contributed by atoms with Gasteiger partial charge in [0.25, 0.3) is 0 Å². The normalized spacial score (nSPS) is 19.8. The van der Waals surface area contributed by atoms with Gasteiger partial charge in [0.05, 0.1) is 0 Å². The number of halogens is 2. The van der Waals surface area contributed by atoms with Crippen LogP contribution in [0.4, 0.5) is 13.6 Å². The first-order valence-electron chi connectivity index (χ1n) is 8.57. The van der Waals surface area contributed by atoms with Crippen LogP contribution in [0.15, 0.2) is 18.2 Å². The van der Waals surface area contributed by atoms with E-state index in [0.717, 1.165) is 18.7 Å². The molecule has 0 radical (unpaired) electrons. The summed E-state index contributed by atoms with van der Waals surface area (Å²) in [4.78, 5) is 16.1. The predicted molar refractivity (Wildman–Crippen MR) is 90.7 cm³/mol. The van der Waals surface area contributed by atoms with Gasteiger partial charge in [0, 0.05) is 32.2 Å². The Bertz CT molecular complexity index is 567. The molecule has 1 aromatic rings. The van der Waals surface area contributed by atoms with Crippen LogP contribution < -0.4 is 5.32 Å². The minimum Gasteiger partial charge on any atom is -0.336 e. The van der Waals surface area contributed by atoms with Gasteiger partial charge in [-0.2, -0.15) is 0 Å². The number of hydrogen-bond donors (Lipinski definition) is 1. The molecule has 6 heteroatoms. The van der Waals surface area contributed by atoms with Crippen molar-refractivity contribution in [2.24, 2.45) is 0 Å². The topological polar surface area (TPSA) is 35.6 Å². The maximum Gasteiger partial charge on any atom is 0.317 e. The molecule has 1 aromatic carbocycles. The van der Waals surface area contributed by atoms with Crippen molar-refractivity contribution < 1.29 is 13.6 Å². The van der Waals surface area contributed by atoms with Crippen molar-refractivity contribution >= 4 is 6.03 Å². The van der Waals surface area contributed by atoms with Crippen LogP contribution in [0.25, 0.3) is 0 Å². The molecule has 0 spiro atoms. The standard InChI is InChI=1S/C18H27F2N3O/c1-13-6-4-5-9-23(13)14(2)11-21-18(24)22(3)12-15-7-8-16(19)17(20)10-15/h7-8,10,13-14H,4-6,9,11-12H2,1-3H3,(H,21,24)/t13-,14-/m0/s1. The third-order valence-corrected chi connectivity index (χ3v) is 4.72. The Morgan fingerprint density at radius 2 is 2.12 bits per heavy atom. The highest BCUT2D eigenvalue weighted by Gasteiger charge is 2.23. The number of urea groups is 1.